The molecule has 1 saturated carbocycles. The molecule has 1 aromatic rings. The molecule has 3 atom stereocenters. The first kappa shape index (κ1) is 13.6. The van der Waals surface area contributed by atoms with Crippen LogP contribution in [-0.4, -0.2) is 38.3 Å². The van der Waals surface area contributed by atoms with Gasteiger partial charge in [-0.3, -0.25) is 0 Å². The molecular weight excluding hydrogens is 258 g/mol. The average Bonchev–Trinajstić information content (AvgIpc) is 2.51. The molecule has 1 aromatic carbocycles. The van der Waals surface area contributed by atoms with Crippen LogP contribution >= 0.6 is 0 Å². The van der Waals surface area contributed by atoms with E-state index in [-0.39, 0.29) is 0 Å². The third-order valence-corrected chi connectivity index (χ3v) is 6.88. The van der Waals surface area contributed by atoms with Gasteiger partial charge >= 0.3 is 0 Å². The summed E-state index contributed by atoms with van der Waals surface area (Å²) in [6, 6.07) is 7.70. The summed E-state index contributed by atoms with van der Waals surface area (Å²) in [5.41, 5.74) is 3.70. The summed E-state index contributed by atoms with van der Waals surface area (Å²) in [4.78, 5) is 0. The summed E-state index contributed by atoms with van der Waals surface area (Å²) in [6.45, 7) is 1.33. The molecule has 1 heterocycles. The Morgan fingerprint density at radius 2 is 2.05 bits per heavy atom. The second kappa shape index (κ2) is 4.49. The van der Waals surface area contributed by atoms with Gasteiger partial charge in [-0.2, -0.15) is 0 Å². The Hall–Kier alpha value is -1.02. The predicted molar refractivity (Wildman–Crippen MR) is 85.7 cm³/mol. The minimum Gasteiger partial charge on any atom is -0.497 e. The number of hydrogen-bond acceptors (Lipinski definition) is 1. The lowest BCUT2D eigenvalue weighted by Gasteiger charge is -2.60. The van der Waals surface area contributed by atoms with Crippen molar-refractivity contribution in [2.24, 2.45) is 5.92 Å². The minimum atomic E-state index is 0.457. The maximum Gasteiger partial charge on any atom is 0.119 e. The molecule has 0 radical (unpaired) electrons. The van der Waals surface area contributed by atoms with Crippen LogP contribution in [0.4, 0.5) is 0 Å². The van der Waals surface area contributed by atoms with Gasteiger partial charge in [-0.25, -0.2) is 0 Å². The summed E-state index contributed by atoms with van der Waals surface area (Å²) in [7, 11) is 6.71. The fourth-order valence-electron chi connectivity index (χ4n) is 5.69. The minimum absolute atomic E-state index is 0.457. The third kappa shape index (κ3) is 1.81. The quantitative estimate of drug-likeness (QED) is 0.718. The van der Waals surface area contributed by atoms with Gasteiger partial charge in [0, 0.05) is 24.2 Å². The number of quaternary nitrogens is 1. The highest BCUT2D eigenvalue weighted by molar-refractivity contribution is 5.45. The highest BCUT2D eigenvalue weighted by atomic mass is 16.5. The van der Waals surface area contributed by atoms with E-state index >= 15 is 0 Å². The van der Waals surface area contributed by atoms with E-state index in [1.165, 1.54) is 49.6 Å². The molecule has 2 fully saturated rings. The third-order valence-electron chi connectivity index (χ3n) is 6.88. The van der Waals surface area contributed by atoms with Gasteiger partial charge in [0.15, 0.2) is 0 Å². The maximum atomic E-state index is 5.53. The molecule has 0 N–H and O–H groups in total. The number of likely N-dealkylation sites (tertiary alicyclic amines) is 1. The van der Waals surface area contributed by atoms with Gasteiger partial charge in [-0.1, -0.05) is 18.9 Å². The Kier molecular flexibility index (Phi) is 2.91. The fraction of sp³-hybridized carbons (Fsp3) is 0.684. The van der Waals surface area contributed by atoms with Crippen molar-refractivity contribution in [2.45, 2.75) is 50.0 Å². The molecule has 21 heavy (non-hydrogen) atoms. The van der Waals surface area contributed by atoms with Gasteiger partial charge in [-0.15, -0.1) is 0 Å². The molecule has 0 spiro atoms. The second-order valence-corrected chi connectivity index (χ2v) is 8.06. The van der Waals surface area contributed by atoms with Crippen LogP contribution in [0.2, 0.25) is 0 Å². The first-order valence-corrected chi connectivity index (χ1v) is 8.57. The Balaban J connectivity index is 1.89. The van der Waals surface area contributed by atoms with Crippen LogP contribution in [0, 0.1) is 5.92 Å². The van der Waals surface area contributed by atoms with E-state index in [1.807, 2.05) is 0 Å². The Labute approximate surface area is 128 Å². The molecule has 3 aliphatic rings. The van der Waals surface area contributed by atoms with Crippen LogP contribution in [-0.2, 0) is 11.8 Å². The van der Waals surface area contributed by atoms with Crippen LogP contribution < -0.4 is 4.74 Å². The summed E-state index contributed by atoms with van der Waals surface area (Å²) in [6.07, 6.45) is 8.30. The monoisotopic (exact) mass is 286 g/mol. The largest absolute Gasteiger partial charge is 0.497 e. The number of hydrogen-bond donors (Lipinski definition) is 0. The van der Waals surface area contributed by atoms with Crippen molar-refractivity contribution in [2.75, 3.05) is 27.7 Å². The smallest absolute Gasteiger partial charge is 0.119 e. The van der Waals surface area contributed by atoms with E-state index in [9.17, 15) is 0 Å². The van der Waals surface area contributed by atoms with Crippen LogP contribution in [0.1, 0.15) is 43.2 Å². The zero-order chi connectivity index (χ0) is 14.7. The first-order chi connectivity index (χ1) is 10.1. The average molecular weight is 286 g/mol. The van der Waals surface area contributed by atoms with Crippen molar-refractivity contribution < 1.29 is 9.22 Å². The molecule has 1 aliphatic heterocycles. The summed E-state index contributed by atoms with van der Waals surface area (Å²) < 4.78 is 6.75. The van der Waals surface area contributed by atoms with Crippen molar-refractivity contribution in [3.63, 3.8) is 0 Å². The SMILES string of the molecule is COc1ccc2c(c1)[C@]13CCCCC1C(C2)[N+](C)(C)CC3. The van der Waals surface area contributed by atoms with Gasteiger partial charge in [0.05, 0.1) is 33.8 Å². The fourth-order valence-corrected chi connectivity index (χ4v) is 5.69. The molecule has 2 nitrogen and oxygen atoms in total. The summed E-state index contributed by atoms with van der Waals surface area (Å²) >= 11 is 0. The number of likely N-dealkylation sites (N-methyl/N-ethyl adjacent to an activating group) is 1. The van der Waals surface area contributed by atoms with Crippen molar-refractivity contribution in [1.29, 1.82) is 0 Å². The van der Waals surface area contributed by atoms with Crippen LogP contribution in [0.25, 0.3) is 0 Å². The number of ether oxygens (including phenoxy) is 1. The number of methoxy groups -OCH3 is 1. The van der Waals surface area contributed by atoms with E-state index < -0.39 is 0 Å². The lowest BCUT2D eigenvalue weighted by molar-refractivity contribution is -0.927. The van der Waals surface area contributed by atoms with E-state index in [1.54, 1.807) is 18.2 Å². The predicted octanol–water partition coefficient (Wildman–Crippen LogP) is 3.53. The Morgan fingerprint density at radius 1 is 1.19 bits per heavy atom. The van der Waals surface area contributed by atoms with Crippen molar-refractivity contribution in [3.05, 3.63) is 29.3 Å². The van der Waals surface area contributed by atoms with E-state index in [0.29, 0.717) is 5.41 Å². The van der Waals surface area contributed by atoms with Crippen molar-refractivity contribution >= 4 is 0 Å². The molecular formula is C19H28NO+. The van der Waals surface area contributed by atoms with Crippen LogP contribution in [0.5, 0.6) is 5.75 Å². The lowest BCUT2D eigenvalue weighted by atomic mass is 9.52. The van der Waals surface area contributed by atoms with Crippen molar-refractivity contribution in [3.8, 4) is 5.75 Å². The van der Waals surface area contributed by atoms with E-state index in [4.69, 9.17) is 4.74 Å². The molecule has 2 bridgehead atoms. The number of fused-ring (bicyclic) bond motifs is 1. The van der Waals surface area contributed by atoms with Gasteiger partial charge < -0.3 is 9.22 Å². The molecule has 0 amide bonds. The number of nitrogens with zero attached hydrogens (tertiary/aromatic N) is 1. The Bertz CT molecular complexity index is 565. The zero-order valence-electron chi connectivity index (χ0n) is 13.7. The number of rotatable bonds is 1. The van der Waals surface area contributed by atoms with Gasteiger partial charge in [-0.05, 0) is 36.1 Å². The highest BCUT2D eigenvalue weighted by Gasteiger charge is 2.57. The highest BCUT2D eigenvalue weighted by Crippen LogP contribution is 2.57. The first-order valence-electron chi connectivity index (χ1n) is 8.57. The molecule has 2 heteroatoms. The van der Waals surface area contributed by atoms with Gasteiger partial charge in [0.2, 0.25) is 0 Å². The summed E-state index contributed by atoms with van der Waals surface area (Å²) in [5, 5.41) is 0. The molecule has 1 saturated heterocycles. The topological polar surface area (TPSA) is 9.23 Å². The molecule has 2 unspecified atom stereocenters. The maximum absolute atomic E-state index is 5.53. The van der Waals surface area contributed by atoms with Crippen molar-refractivity contribution in [1.82, 2.24) is 0 Å². The molecule has 114 valence electrons. The van der Waals surface area contributed by atoms with Gasteiger partial charge in [0.25, 0.3) is 0 Å². The van der Waals surface area contributed by atoms with Gasteiger partial charge in [0.1, 0.15) is 5.75 Å². The summed E-state index contributed by atoms with van der Waals surface area (Å²) in [5.74, 6) is 1.93. The standard InChI is InChI=1S/C19H28NO/c1-20(2)11-10-19-9-5-4-6-16(19)18(20)12-14-7-8-15(21-3)13-17(14)19/h7-8,13,16,18H,4-6,9-12H2,1-3H3/q+1/t16?,18?,19-/m0/s1. The molecule has 2 aliphatic carbocycles. The van der Waals surface area contributed by atoms with Crippen LogP contribution in [0.3, 0.4) is 0 Å². The zero-order valence-corrected chi connectivity index (χ0v) is 13.7. The van der Waals surface area contributed by atoms with E-state index in [2.05, 4.69) is 32.3 Å². The normalized spacial score (nSPS) is 36.5. The lowest BCUT2D eigenvalue weighted by Crippen LogP contribution is -2.66. The second-order valence-electron chi connectivity index (χ2n) is 8.06. The molecule has 0 aromatic heterocycles. The Morgan fingerprint density at radius 3 is 2.86 bits per heavy atom. The van der Waals surface area contributed by atoms with E-state index in [0.717, 1.165) is 17.7 Å². The number of benzene rings is 1. The number of piperidine rings is 1. The van der Waals surface area contributed by atoms with Crippen LogP contribution in [0.15, 0.2) is 18.2 Å². The molecule has 4 rings (SSSR count).